The number of unbranched alkanes of at least 4 members (excludes halogenated alkanes) is 6. The minimum absolute atomic E-state index is 0.111. The molecule has 0 aromatic heterocycles. The number of hydrazone groups is 1. The number of rotatable bonds is 14. The minimum Gasteiger partial charge on any atom is -0.490 e. The topological polar surface area (TPSA) is 77.0 Å². The number of halogens is 2. The summed E-state index contributed by atoms with van der Waals surface area (Å²) < 4.78 is 11.1. The van der Waals surface area contributed by atoms with Gasteiger partial charge in [0.15, 0.2) is 11.5 Å². The van der Waals surface area contributed by atoms with Crippen molar-refractivity contribution >= 4 is 41.3 Å². The molecule has 34 heavy (non-hydrogen) atoms. The van der Waals surface area contributed by atoms with Gasteiger partial charge in [-0.15, -0.1) is 0 Å². The van der Waals surface area contributed by atoms with Crippen LogP contribution in [-0.2, 0) is 4.79 Å². The normalized spacial score (nSPS) is 10.9. The summed E-state index contributed by atoms with van der Waals surface area (Å²) in [4.78, 5) is 24.5. The third-order valence-corrected chi connectivity index (χ3v) is 5.58. The zero-order valence-electron chi connectivity index (χ0n) is 19.7. The fraction of sp³-hybridized carbons (Fsp3) is 0.423. The molecule has 0 atom stereocenters. The number of carbonyl (C=O) groups excluding carboxylic acids is 2. The van der Waals surface area contributed by atoms with Gasteiger partial charge in [-0.25, -0.2) is 10.2 Å². The quantitative estimate of drug-likeness (QED) is 0.0964. The molecule has 0 radical (unpaired) electrons. The number of nitrogens with zero attached hydrogens (tertiary/aromatic N) is 1. The molecule has 0 fully saturated rings. The highest BCUT2D eigenvalue weighted by Gasteiger charge is 2.16. The number of carbonyl (C=O) groups is 2. The monoisotopic (exact) mass is 506 g/mol. The largest absolute Gasteiger partial charge is 0.490 e. The second-order valence-corrected chi connectivity index (χ2v) is 8.66. The number of hydrogen-bond acceptors (Lipinski definition) is 5. The SMILES string of the molecule is CCCCCCCCCC(=O)N/N=C/c1ccc(OC(=O)c2ccc(Cl)cc2Cl)c(OCC)c1. The summed E-state index contributed by atoms with van der Waals surface area (Å²) in [6.45, 7) is 4.40. The van der Waals surface area contributed by atoms with E-state index >= 15 is 0 Å². The zero-order valence-corrected chi connectivity index (χ0v) is 21.3. The summed E-state index contributed by atoms with van der Waals surface area (Å²) in [6.07, 6.45) is 10.1. The van der Waals surface area contributed by atoms with Gasteiger partial charge in [-0.3, -0.25) is 4.79 Å². The first-order valence-electron chi connectivity index (χ1n) is 11.7. The van der Waals surface area contributed by atoms with E-state index in [1.165, 1.54) is 44.0 Å². The summed E-state index contributed by atoms with van der Waals surface area (Å²) in [6, 6.07) is 9.54. The standard InChI is InChI=1S/C26H32Cl2N2O4/c1-3-5-6-7-8-9-10-11-25(31)30-29-18-19-12-15-23(24(16-19)33-4-2)34-26(32)21-14-13-20(27)17-22(21)28/h12-18H,3-11H2,1-2H3,(H,30,31)/b29-18+. The maximum absolute atomic E-state index is 12.5. The molecule has 0 saturated heterocycles. The Labute approximate surface area is 211 Å². The molecule has 184 valence electrons. The molecule has 1 N–H and O–H groups in total. The van der Waals surface area contributed by atoms with Crippen LogP contribution in [0.15, 0.2) is 41.5 Å². The Hall–Kier alpha value is -2.57. The molecule has 0 spiro atoms. The van der Waals surface area contributed by atoms with Crippen LogP contribution >= 0.6 is 23.2 Å². The Morgan fingerprint density at radius 1 is 0.941 bits per heavy atom. The lowest BCUT2D eigenvalue weighted by Crippen LogP contribution is -2.16. The first kappa shape index (κ1) is 27.7. The van der Waals surface area contributed by atoms with Crippen molar-refractivity contribution in [3.8, 4) is 11.5 Å². The summed E-state index contributed by atoms with van der Waals surface area (Å²) >= 11 is 12.0. The van der Waals surface area contributed by atoms with Crippen LogP contribution in [0.25, 0.3) is 0 Å². The highest BCUT2D eigenvalue weighted by Crippen LogP contribution is 2.30. The average molecular weight is 507 g/mol. The van der Waals surface area contributed by atoms with Crippen LogP contribution < -0.4 is 14.9 Å². The highest BCUT2D eigenvalue weighted by atomic mass is 35.5. The van der Waals surface area contributed by atoms with Crippen LogP contribution in [0.3, 0.4) is 0 Å². The van der Waals surface area contributed by atoms with Gasteiger partial charge < -0.3 is 9.47 Å². The number of benzene rings is 2. The molecule has 0 heterocycles. The lowest BCUT2D eigenvalue weighted by molar-refractivity contribution is -0.121. The molecule has 0 aliphatic carbocycles. The fourth-order valence-electron chi connectivity index (χ4n) is 3.24. The van der Waals surface area contributed by atoms with E-state index in [-0.39, 0.29) is 22.2 Å². The predicted molar refractivity (Wildman–Crippen MR) is 137 cm³/mol. The Kier molecular flexibility index (Phi) is 12.5. The molecule has 0 aliphatic rings. The van der Waals surface area contributed by atoms with Gasteiger partial charge in [0.1, 0.15) is 0 Å². The van der Waals surface area contributed by atoms with Crippen molar-refractivity contribution in [3.63, 3.8) is 0 Å². The van der Waals surface area contributed by atoms with E-state index < -0.39 is 5.97 Å². The third kappa shape index (κ3) is 9.74. The van der Waals surface area contributed by atoms with E-state index in [9.17, 15) is 9.59 Å². The average Bonchev–Trinajstić information content (AvgIpc) is 2.80. The van der Waals surface area contributed by atoms with E-state index in [1.54, 1.807) is 24.3 Å². The number of ether oxygens (including phenoxy) is 2. The lowest BCUT2D eigenvalue weighted by Gasteiger charge is -2.12. The first-order chi connectivity index (χ1) is 16.4. The van der Waals surface area contributed by atoms with Gasteiger partial charge >= 0.3 is 5.97 Å². The van der Waals surface area contributed by atoms with Crippen LogP contribution in [0, 0.1) is 0 Å². The molecule has 1 amide bonds. The molecule has 2 rings (SSSR count). The van der Waals surface area contributed by atoms with Crippen molar-refractivity contribution in [1.29, 1.82) is 0 Å². The second-order valence-electron chi connectivity index (χ2n) is 7.82. The Morgan fingerprint density at radius 2 is 1.68 bits per heavy atom. The molecule has 2 aromatic rings. The number of nitrogens with one attached hydrogen (secondary N) is 1. The summed E-state index contributed by atoms with van der Waals surface area (Å²) in [5, 5.41) is 4.65. The smallest absolute Gasteiger partial charge is 0.345 e. The van der Waals surface area contributed by atoms with E-state index in [0.717, 1.165) is 19.3 Å². The van der Waals surface area contributed by atoms with E-state index in [2.05, 4.69) is 17.5 Å². The molecule has 0 saturated carbocycles. The van der Waals surface area contributed by atoms with Crippen LogP contribution in [0.5, 0.6) is 11.5 Å². The third-order valence-electron chi connectivity index (χ3n) is 5.03. The molecule has 0 aliphatic heterocycles. The number of esters is 1. The van der Waals surface area contributed by atoms with E-state index in [0.29, 0.717) is 29.4 Å². The van der Waals surface area contributed by atoms with Crippen molar-refractivity contribution in [2.24, 2.45) is 5.10 Å². The maximum Gasteiger partial charge on any atom is 0.345 e. The van der Waals surface area contributed by atoms with Crippen LogP contribution in [0.2, 0.25) is 10.0 Å². The van der Waals surface area contributed by atoms with Crippen LogP contribution in [0.4, 0.5) is 0 Å². The van der Waals surface area contributed by atoms with Gasteiger partial charge in [0.05, 0.1) is 23.4 Å². The Balaban J connectivity index is 1.89. The van der Waals surface area contributed by atoms with Crippen molar-refractivity contribution in [2.45, 2.75) is 65.2 Å². The van der Waals surface area contributed by atoms with E-state index in [4.69, 9.17) is 32.7 Å². The van der Waals surface area contributed by atoms with Crippen LogP contribution in [0.1, 0.15) is 81.1 Å². The summed E-state index contributed by atoms with van der Waals surface area (Å²) in [5.41, 5.74) is 3.43. The van der Waals surface area contributed by atoms with Crippen molar-refractivity contribution in [3.05, 3.63) is 57.6 Å². The molecule has 6 nitrogen and oxygen atoms in total. The first-order valence-corrected chi connectivity index (χ1v) is 12.5. The maximum atomic E-state index is 12.5. The van der Waals surface area contributed by atoms with Crippen molar-refractivity contribution < 1.29 is 19.1 Å². The van der Waals surface area contributed by atoms with Gasteiger partial charge in [0, 0.05) is 11.4 Å². The summed E-state index contributed by atoms with van der Waals surface area (Å²) in [7, 11) is 0. The zero-order chi connectivity index (χ0) is 24.8. The number of amides is 1. The Bertz CT molecular complexity index is 979. The van der Waals surface area contributed by atoms with E-state index in [1.807, 2.05) is 6.92 Å². The molecule has 0 bridgehead atoms. The predicted octanol–water partition coefficient (Wildman–Crippen LogP) is 7.20. The summed E-state index contributed by atoms with van der Waals surface area (Å²) in [5.74, 6) is -0.112. The van der Waals surface area contributed by atoms with Crippen LogP contribution in [-0.4, -0.2) is 24.7 Å². The molecule has 0 unspecified atom stereocenters. The van der Waals surface area contributed by atoms with Gasteiger partial charge in [-0.1, -0.05) is 68.7 Å². The van der Waals surface area contributed by atoms with Crippen molar-refractivity contribution in [1.82, 2.24) is 5.43 Å². The fourth-order valence-corrected chi connectivity index (χ4v) is 3.73. The number of hydrogen-bond donors (Lipinski definition) is 1. The molecule has 2 aromatic carbocycles. The molecular formula is C26H32Cl2N2O4. The van der Waals surface area contributed by atoms with Gasteiger partial charge in [-0.05, 0) is 55.3 Å². The second kappa shape index (κ2) is 15.4. The Morgan fingerprint density at radius 3 is 2.38 bits per heavy atom. The van der Waals surface area contributed by atoms with Crippen molar-refractivity contribution in [2.75, 3.05) is 6.61 Å². The van der Waals surface area contributed by atoms with Gasteiger partial charge in [-0.2, -0.15) is 5.10 Å². The molecular weight excluding hydrogens is 475 g/mol. The highest BCUT2D eigenvalue weighted by molar-refractivity contribution is 6.36. The minimum atomic E-state index is -0.623. The molecule has 8 heteroatoms. The lowest BCUT2D eigenvalue weighted by atomic mass is 10.1. The van der Waals surface area contributed by atoms with Gasteiger partial charge in [0.25, 0.3) is 0 Å². The van der Waals surface area contributed by atoms with Gasteiger partial charge in [0.2, 0.25) is 5.91 Å².